The highest BCUT2D eigenvalue weighted by molar-refractivity contribution is 6.50. The van der Waals surface area contributed by atoms with Crippen LogP contribution in [0, 0.1) is 12.3 Å². The lowest BCUT2D eigenvalue weighted by Crippen LogP contribution is -2.27. The molecule has 2 heterocycles. The Morgan fingerprint density at radius 3 is 2.67 bits per heavy atom. The summed E-state index contributed by atoms with van der Waals surface area (Å²) in [5.74, 6) is 0.246. The summed E-state index contributed by atoms with van der Waals surface area (Å²) in [6, 6.07) is 4.43. The number of hydrogen-bond donors (Lipinski definition) is 2. The molecule has 1 amide bonds. The SMILES string of the molecule is Cc1nc2n(n1)N=C(C(C)(C)C)C2=Nc1ccc(O)c(C(N)=O)c1. The lowest BCUT2D eigenvalue weighted by Gasteiger charge is -2.18. The maximum absolute atomic E-state index is 11.4. The maximum Gasteiger partial charge on any atom is 0.252 e. The molecule has 8 nitrogen and oxygen atoms in total. The number of primary amides is 1. The number of rotatable bonds is 2. The lowest BCUT2D eigenvalue weighted by atomic mass is 9.87. The van der Waals surface area contributed by atoms with Crippen molar-refractivity contribution < 1.29 is 9.90 Å². The van der Waals surface area contributed by atoms with Crippen LogP contribution in [0.25, 0.3) is 0 Å². The zero-order chi connectivity index (χ0) is 17.6. The number of aromatic hydroxyl groups is 1. The smallest absolute Gasteiger partial charge is 0.252 e. The normalized spacial score (nSPS) is 15.5. The lowest BCUT2D eigenvalue weighted by molar-refractivity contribution is 0.0998. The average molecular weight is 326 g/mol. The fraction of sp³-hybridized carbons (Fsp3) is 0.312. The Balaban J connectivity index is 2.15. The molecule has 1 aromatic heterocycles. The summed E-state index contributed by atoms with van der Waals surface area (Å²) >= 11 is 0. The minimum atomic E-state index is -0.718. The van der Waals surface area contributed by atoms with Crippen LogP contribution in [0.15, 0.2) is 28.3 Å². The Morgan fingerprint density at radius 2 is 2.04 bits per heavy atom. The van der Waals surface area contributed by atoms with E-state index < -0.39 is 5.91 Å². The van der Waals surface area contributed by atoms with E-state index in [2.05, 4.69) is 20.2 Å². The Labute approximate surface area is 138 Å². The van der Waals surface area contributed by atoms with Gasteiger partial charge in [-0.2, -0.15) is 5.10 Å². The van der Waals surface area contributed by atoms with Crippen LogP contribution >= 0.6 is 0 Å². The first-order valence-corrected chi connectivity index (χ1v) is 7.42. The predicted molar refractivity (Wildman–Crippen MR) is 89.9 cm³/mol. The van der Waals surface area contributed by atoms with Crippen molar-refractivity contribution in [1.29, 1.82) is 0 Å². The second kappa shape index (κ2) is 5.26. The van der Waals surface area contributed by atoms with Crippen LogP contribution in [0.1, 0.15) is 42.8 Å². The second-order valence-electron chi connectivity index (χ2n) is 6.60. The van der Waals surface area contributed by atoms with Gasteiger partial charge in [-0.05, 0) is 25.1 Å². The van der Waals surface area contributed by atoms with E-state index in [4.69, 9.17) is 5.73 Å². The summed E-state index contributed by atoms with van der Waals surface area (Å²) in [6.07, 6.45) is 0. The molecular weight excluding hydrogens is 308 g/mol. The number of carbonyl (C=O) groups is 1. The molecule has 0 saturated heterocycles. The van der Waals surface area contributed by atoms with E-state index in [9.17, 15) is 9.90 Å². The summed E-state index contributed by atoms with van der Waals surface area (Å²) in [4.78, 5) is 21.8. The van der Waals surface area contributed by atoms with Crippen LogP contribution < -0.4 is 5.73 Å². The van der Waals surface area contributed by atoms with Gasteiger partial charge in [0, 0.05) is 5.41 Å². The third-order valence-corrected chi connectivity index (χ3v) is 3.52. The van der Waals surface area contributed by atoms with Crippen LogP contribution in [0.4, 0.5) is 5.69 Å². The summed E-state index contributed by atoms with van der Waals surface area (Å²) in [5, 5.41) is 18.4. The number of hydrogen-bond acceptors (Lipinski definition) is 6. The highest BCUT2D eigenvalue weighted by Crippen LogP contribution is 2.28. The van der Waals surface area contributed by atoms with Crippen molar-refractivity contribution >= 4 is 23.0 Å². The van der Waals surface area contributed by atoms with Crippen molar-refractivity contribution in [1.82, 2.24) is 14.9 Å². The maximum atomic E-state index is 11.4. The monoisotopic (exact) mass is 326 g/mol. The Hall–Kier alpha value is -3.03. The van der Waals surface area contributed by atoms with Gasteiger partial charge < -0.3 is 10.8 Å². The Bertz CT molecular complexity index is 902. The van der Waals surface area contributed by atoms with Crippen molar-refractivity contribution in [2.45, 2.75) is 27.7 Å². The number of amides is 1. The third-order valence-electron chi connectivity index (χ3n) is 3.52. The number of fused-ring (bicyclic) bond motifs is 1. The zero-order valence-electron chi connectivity index (χ0n) is 13.9. The fourth-order valence-electron chi connectivity index (χ4n) is 2.40. The zero-order valence-corrected chi connectivity index (χ0v) is 13.9. The topological polar surface area (TPSA) is 119 Å². The van der Waals surface area contributed by atoms with Crippen LogP contribution in [0.5, 0.6) is 5.75 Å². The number of nitrogens with two attached hydrogens (primary N) is 1. The molecule has 1 aliphatic heterocycles. The quantitative estimate of drug-likeness (QED) is 0.874. The van der Waals surface area contributed by atoms with Crippen molar-refractivity contribution in [2.24, 2.45) is 21.2 Å². The number of aromatic nitrogens is 3. The van der Waals surface area contributed by atoms with Crippen molar-refractivity contribution in [3.63, 3.8) is 0 Å². The fourth-order valence-corrected chi connectivity index (χ4v) is 2.40. The minimum absolute atomic E-state index is 0.0155. The molecule has 0 aliphatic carbocycles. The number of nitrogens with zero attached hydrogens (tertiary/aromatic N) is 5. The first kappa shape index (κ1) is 15.9. The molecule has 24 heavy (non-hydrogen) atoms. The molecule has 0 radical (unpaired) electrons. The minimum Gasteiger partial charge on any atom is -0.507 e. The van der Waals surface area contributed by atoms with Gasteiger partial charge >= 0.3 is 0 Å². The number of aliphatic imine (C=N–C) groups is 1. The Kier molecular flexibility index (Phi) is 3.47. The van der Waals surface area contributed by atoms with Crippen molar-refractivity contribution in [3.05, 3.63) is 35.4 Å². The molecular formula is C16H18N6O2. The molecule has 3 rings (SSSR count). The third kappa shape index (κ3) is 2.66. The molecule has 0 spiro atoms. The van der Waals surface area contributed by atoms with E-state index in [0.717, 1.165) is 5.71 Å². The van der Waals surface area contributed by atoms with Crippen molar-refractivity contribution in [3.8, 4) is 5.75 Å². The number of phenols is 1. The van der Waals surface area contributed by atoms with Gasteiger partial charge in [0.1, 0.15) is 11.5 Å². The van der Waals surface area contributed by atoms with E-state index in [1.807, 2.05) is 20.8 Å². The van der Waals surface area contributed by atoms with Crippen LogP contribution in [-0.2, 0) is 0 Å². The van der Waals surface area contributed by atoms with E-state index in [0.29, 0.717) is 23.0 Å². The van der Waals surface area contributed by atoms with E-state index in [1.165, 1.54) is 16.9 Å². The van der Waals surface area contributed by atoms with Gasteiger partial charge in [-0.3, -0.25) is 4.79 Å². The van der Waals surface area contributed by atoms with Gasteiger partial charge in [0.15, 0.2) is 5.82 Å². The standard InChI is InChI=1S/C16H18N6O2/c1-8-18-15-12(13(16(2,3)4)21-22(15)20-8)19-9-5-6-11(23)10(7-9)14(17)24/h5-7,23H,1-4H3,(H2,17,24). The Morgan fingerprint density at radius 1 is 1.33 bits per heavy atom. The number of carbonyl (C=O) groups excluding carboxylic acids is 1. The summed E-state index contributed by atoms with van der Waals surface area (Å²) in [5.41, 5.74) is 6.82. The van der Waals surface area contributed by atoms with E-state index in [-0.39, 0.29) is 16.7 Å². The predicted octanol–water partition coefficient (Wildman–Crippen LogP) is 1.78. The number of aryl methyl sites for hydroxylation is 1. The molecule has 124 valence electrons. The molecule has 0 unspecified atom stereocenters. The molecule has 0 bridgehead atoms. The molecule has 0 atom stereocenters. The van der Waals surface area contributed by atoms with Gasteiger partial charge in [-0.1, -0.05) is 20.8 Å². The largest absolute Gasteiger partial charge is 0.507 e. The van der Waals surface area contributed by atoms with Crippen LogP contribution in [0.3, 0.4) is 0 Å². The van der Waals surface area contributed by atoms with Crippen LogP contribution in [-0.4, -0.2) is 37.3 Å². The average Bonchev–Trinajstić information content (AvgIpc) is 2.97. The van der Waals surface area contributed by atoms with Gasteiger partial charge in [0.2, 0.25) is 5.82 Å². The highest BCUT2D eigenvalue weighted by atomic mass is 16.3. The molecule has 2 aromatic rings. The van der Waals surface area contributed by atoms with E-state index in [1.54, 1.807) is 13.0 Å². The number of benzene rings is 1. The van der Waals surface area contributed by atoms with Crippen molar-refractivity contribution in [2.75, 3.05) is 0 Å². The van der Waals surface area contributed by atoms with E-state index >= 15 is 0 Å². The van der Waals surface area contributed by atoms with Gasteiger partial charge in [-0.15, -0.1) is 9.89 Å². The molecule has 0 fully saturated rings. The van der Waals surface area contributed by atoms with Gasteiger partial charge in [0.05, 0.1) is 17.0 Å². The molecule has 3 N–H and O–H groups in total. The van der Waals surface area contributed by atoms with Gasteiger partial charge in [0.25, 0.3) is 5.91 Å². The highest BCUT2D eigenvalue weighted by Gasteiger charge is 2.34. The first-order valence-electron chi connectivity index (χ1n) is 7.42. The summed E-state index contributed by atoms with van der Waals surface area (Å²) in [7, 11) is 0. The summed E-state index contributed by atoms with van der Waals surface area (Å²) < 4.78 is 0. The summed E-state index contributed by atoms with van der Waals surface area (Å²) in [6.45, 7) is 7.84. The molecule has 0 saturated carbocycles. The second-order valence-corrected chi connectivity index (χ2v) is 6.60. The molecule has 8 heteroatoms. The van der Waals surface area contributed by atoms with Crippen LogP contribution in [0.2, 0.25) is 0 Å². The first-order chi connectivity index (χ1) is 11.2. The molecule has 1 aliphatic rings. The van der Waals surface area contributed by atoms with Gasteiger partial charge in [-0.25, -0.2) is 9.98 Å². The molecule has 1 aromatic carbocycles.